The van der Waals surface area contributed by atoms with Crippen LogP contribution in [0.3, 0.4) is 0 Å². The van der Waals surface area contributed by atoms with E-state index in [4.69, 9.17) is 5.26 Å². The summed E-state index contributed by atoms with van der Waals surface area (Å²) < 4.78 is 14.2. The number of rotatable bonds is 6. The summed E-state index contributed by atoms with van der Waals surface area (Å²) in [6.07, 6.45) is 1.46. The highest BCUT2D eigenvalue weighted by atomic mass is 19.1. The maximum absolute atomic E-state index is 14.2. The fourth-order valence-electron chi connectivity index (χ4n) is 3.43. The lowest BCUT2D eigenvalue weighted by Gasteiger charge is -2.16. The van der Waals surface area contributed by atoms with Crippen molar-refractivity contribution in [2.45, 2.75) is 39.0 Å². The van der Waals surface area contributed by atoms with Crippen LogP contribution in [0.25, 0.3) is 0 Å². The van der Waals surface area contributed by atoms with Crippen molar-refractivity contribution in [1.29, 1.82) is 5.26 Å². The van der Waals surface area contributed by atoms with Crippen LogP contribution in [-0.4, -0.2) is 29.1 Å². The number of aromatic nitrogens is 2. The number of hydrogen-bond acceptors (Lipinski definition) is 5. The monoisotopic (exact) mass is 366 g/mol. The molecule has 6 heteroatoms. The summed E-state index contributed by atoms with van der Waals surface area (Å²) >= 11 is 0. The van der Waals surface area contributed by atoms with Crippen molar-refractivity contribution in [3.05, 3.63) is 53.0 Å². The molecule has 1 fully saturated rings. The Balaban J connectivity index is 1.55. The summed E-state index contributed by atoms with van der Waals surface area (Å²) in [5.74, 6) is 0.977. The topological polar surface area (TPSA) is 69.9 Å². The Morgan fingerprint density at radius 2 is 2.15 bits per heavy atom. The first-order valence-corrected chi connectivity index (χ1v) is 9.25. The highest BCUT2D eigenvalue weighted by molar-refractivity contribution is 5.81. The van der Waals surface area contributed by atoms with Crippen molar-refractivity contribution in [3.8, 4) is 6.07 Å². The van der Waals surface area contributed by atoms with Crippen LogP contribution in [0.15, 0.2) is 30.3 Å². The fraction of sp³-hybridized carbons (Fsp3) is 0.429. The first-order chi connectivity index (χ1) is 13.0. The molecule has 0 amide bonds. The van der Waals surface area contributed by atoms with Crippen LogP contribution >= 0.6 is 0 Å². The minimum absolute atomic E-state index is 0.0592. The van der Waals surface area contributed by atoms with E-state index in [1.165, 1.54) is 6.07 Å². The van der Waals surface area contributed by atoms with E-state index in [9.17, 15) is 9.18 Å². The van der Waals surface area contributed by atoms with Gasteiger partial charge in [-0.3, -0.25) is 4.79 Å². The average molecular weight is 366 g/mol. The summed E-state index contributed by atoms with van der Waals surface area (Å²) in [4.78, 5) is 14.5. The molecule has 1 atom stereocenters. The van der Waals surface area contributed by atoms with Gasteiger partial charge in [-0.15, -0.1) is 10.2 Å². The molecule has 0 N–H and O–H groups in total. The summed E-state index contributed by atoms with van der Waals surface area (Å²) in [5, 5.41) is 16.7. The van der Waals surface area contributed by atoms with Gasteiger partial charge in [-0.05, 0) is 47.6 Å². The van der Waals surface area contributed by atoms with Crippen molar-refractivity contribution >= 4 is 11.6 Å². The van der Waals surface area contributed by atoms with Gasteiger partial charge < -0.3 is 4.90 Å². The van der Waals surface area contributed by atoms with Crippen LogP contribution in [0.1, 0.15) is 49.4 Å². The SMILES string of the molecule is CC(C)c1ccc(CC(=O)C[C@H]2CCN(c3ccc(C#N)nn3)C2)c(F)c1. The van der Waals surface area contributed by atoms with Gasteiger partial charge in [-0.2, -0.15) is 5.26 Å². The van der Waals surface area contributed by atoms with Gasteiger partial charge in [-0.25, -0.2) is 4.39 Å². The number of carbonyl (C=O) groups is 1. The summed E-state index contributed by atoms with van der Waals surface area (Å²) in [7, 11) is 0. The Hall–Kier alpha value is -2.81. The van der Waals surface area contributed by atoms with Crippen molar-refractivity contribution in [3.63, 3.8) is 0 Å². The zero-order chi connectivity index (χ0) is 19.4. The van der Waals surface area contributed by atoms with E-state index in [2.05, 4.69) is 15.1 Å². The van der Waals surface area contributed by atoms with E-state index in [1.54, 1.807) is 18.2 Å². The Labute approximate surface area is 158 Å². The molecule has 1 aromatic carbocycles. The number of hydrogen-bond donors (Lipinski definition) is 0. The van der Waals surface area contributed by atoms with Gasteiger partial charge in [0, 0.05) is 25.9 Å². The van der Waals surface area contributed by atoms with Crippen LogP contribution in [0.4, 0.5) is 10.2 Å². The minimum atomic E-state index is -0.296. The molecule has 0 unspecified atom stereocenters. The molecule has 5 nitrogen and oxygen atoms in total. The zero-order valence-electron chi connectivity index (χ0n) is 15.7. The van der Waals surface area contributed by atoms with Crippen LogP contribution in [0, 0.1) is 23.1 Å². The van der Waals surface area contributed by atoms with Gasteiger partial charge in [0.1, 0.15) is 17.7 Å². The average Bonchev–Trinajstić information content (AvgIpc) is 3.11. The van der Waals surface area contributed by atoms with E-state index in [0.717, 1.165) is 30.9 Å². The lowest BCUT2D eigenvalue weighted by Crippen LogP contribution is -2.22. The van der Waals surface area contributed by atoms with Gasteiger partial charge >= 0.3 is 0 Å². The highest BCUT2D eigenvalue weighted by Gasteiger charge is 2.26. The highest BCUT2D eigenvalue weighted by Crippen LogP contribution is 2.25. The first-order valence-electron chi connectivity index (χ1n) is 9.25. The molecule has 2 heterocycles. The summed E-state index contributed by atoms with van der Waals surface area (Å²) in [6, 6.07) is 10.5. The van der Waals surface area contributed by atoms with Crippen LogP contribution in [0.2, 0.25) is 0 Å². The summed E-state index contributed by atoms with van der Waals surface area (Å²) in [5.41, 5.74) is 1.70. The van der Waals surface area contributed by atoms with Gasteiger partial charge in [0.25, 0.3) is 0 Å². The van der Waals surface area contributed by atoms with Crippen molar-refractivity contribution < 1.29 is 9.18 Å². The number of carbonyl (C=O) groups excluding carboxylic acids is 1. The van der Waals surface area contributed by atoms with Gasteiger partial charge in [0.2, 0.25) is 0 Å². The Bertz CT molecular complexity index is 857. The molecule has 0 radical (unpaired) electrons. The molecule has 1 aliphatic heterocycles. The molecular formula is C21H23FN4O. The zero-order valence-corrected chi connectivity index (χ0v) is 15.7. The number of Topliss-reactive ketones (excluding diaryl/α,β-unsaturated/α-hetero) is 1. The standard InChI is InChI=1S/C21H23FN4O/c1-14(2)16-3-4-17(20(22)11-16)10-19(27)9-15-7-8-26(13-15)21-6-5-18(12-23)24-25-21/h3-6,11,14-15H,7-10,13H2,1-2H3/t15-/m1/s1. The molecule has 27 heavy (non-hydrogen) atoms. The lowest BCUT2D eigenvalue weighted by atomic mass is 9.95. The van der Waals surface area contributed by atoms with E-state index < -0.39 is 0 Å². The number of nitriles is 1. The third kappa shape index (κ3) is 4.68. The third-order valence-corrected chi connectivity index (χ3v) is 5.02. The molecule has 0 bridgehead atoms. The van der Waals surface area contributed by atoms with Crippen molar-refractivity contribution in [2.24, 2.45) is 5.92 Å². The van der Waals surface area contributed by atoms with Gasteiger partial charge in [0.15, 0.2) is 11.5 Å². The predicted molar refractivity (Wildman–Crippen MR) is 101 cm³/mol. The molecule has 0 spiro atoms. The Kier molecular flexibility index (Phi) is 5.80. The second-order valence-electron chi connectivity index (χ2n) is 7.41. The van der Waals surface area contributed by atoms with E-state index in [0.29, 0.717) is 12.0 Å². The molecule has 2 aromatic rings. The molecule has 1 aromatic heterocycles. The van der Waals surface area contributed by atoms with Gasteiger partial charge in [-0.1, -0.05) is 26.0 Å². The molecule has 1 aliphatic rings. The Morgan fingerprint density at radius 3 is 2.78 bits per heavy atom. The molecular weight excluding hydrogens is 343 g/mol. The smallest absolute Gasteiger partial charge is 0.163 e. The fourth-order valence-corrected chi connectivity index (χ4v) is 3.43. The number of benzene rings is 1. The van der Waals surface area contributed by atoms with Crippen LogP contribution in [0.5, 0.6) is 0 Å². The molecule has 0 aliphatic carbocycles. The maximum Gasteiger partial charge on any atom is 0.163 e. The predicted octanol–water partition coefficient (Wildman–Crippen LogP) is 3.64. The minimum Gasteiger partial charge on any atom is -0.355 e. The number of anilines is 1. The number of ketones is 1. The number of halogens is 1. The molecule has 140 valence electrons. The van der Waals surface area contributed by atoms with E-state index in [1.807, 2.05) is 26.0 Å². The third-order valence-electron chi connectivity index (χ3n) is 5.02. The summed E-state index contributed by atoms with van der Waals surface area (Å²) in [6.45, 7) is 5.56. The number of nitrogens with zero attached hydrogens (tertiary/aromatic N) is 4. The van der Waals surface area contributed by atoms with Crippen LogP contribution < -0.4 is 4.90 Å². The normalized spacial score (nSPS) is 16.6. The first kappa shape index (κ1) is 19.0. The lowest BCUT2D eigenvalue weighted by molar-refractivity contribution is -0.119. The molecule has 0 saturated carbocycles. The Morgan fingerprint density at radius 1 is 1.33 bits per heavy atom. The van der Waals surface area contributed by atoms with Crippen molar-refractivity contribution in [1.82, 2.24) is 10.2 Å². The molecule has 3 rings (SSSR count). The van der Waals surface area contributed by atoms with E-state index in [-0.39, 0.29) is 35.6 Å². The molecule has 1 saturated heterocycles. The quantitative estimate of drug-likeness (QED) is 0.781. The second-order valence-corrected chi connectivity index (χ2v) is 7.41. The van der Waals surface area contributed by atoms with Gasteiger partial charge in [0.05, 0.1) is 0 Å². The van der Waals surface area contributed by atoms with E-state index >= 15 is 0 Å². The van der Waals surface area contributed by atoms with Crippen molar-refractivity contribution in [2.75, 3.05) is 18.0 Å². The van der Waals surface area contributed by atoms with Crippen LogP contribution in [-0.2, 0) is 11.2 Å². The maximum atomic E-state index is 14.2. The largest absolute Gasteiger partial charge is 0.355 e. The second kappa shape index (κ2) is 8.26.